The van der Waals surface area contributed by atoms with Crippen molar-refractivity contribution in [1.82, 2.24) is 24.6 Å². The van der Waals surface area contributed by atoms with E-state index in [9.17, 15) is 4.79 Å². The van der Waals surface area contributed by atoms with Crippen LogP contribution in [0.3, 0.4) is 0 Å². The van der Waals surface area contributed by atoms with Gasteiger partial charge in [-0.05, 0) is 57.7 Å². The summed E-state index contributed by atoms with van der Waals surface area (Å²) in [5.74, 6) is 2.39. The molecule has 1 amide bonds. The number of aromatic nitrogens is 3. The Kier molecular flexibility index (Phi) is 7.89. The summed E-state index contributed by atoms with van der Waals surface area (Å²) in [5.41, 5.74) is 1.22. The van der Waals surface area contributed by atoms with Crippen molar-refractivity contribution in [3.63, 3.8) is 0 Å². The number of hydrogen-bond acceptors (Lipinski definition) is 5. The van der Waals surface area contributed by atoms with Crippen molar-refractivity contribution in [2.45, 2.75) is 75.7 Å². The molecule has 0 bridgehead atoms. The molecule has 2 fully saturated rings. The van der Waals surface area contributed by atoms with Crippen molar-refractivity contribution in [2.75, 3.05) is 26.4 Å². The SMILES string of the molecule is CC[C@H](c1nnc(SCC(=O)N2CCC[C@@H]3CCCC[C@H]32)n1Cc1ccccc1)N(C)C. The maximum Gasteiger partial charge on any atom is 0.233 e. The van der Waals surface area contributed by atoms with E-state index in [4.69, 9.17) is 0 Å². The zero-order valence-corrected chi connectivity index (χ0v) is 20.6. The summed E-state index contributed by atoms with van der Waals surface area (Å²) in [5, 5.41) is 9.97. The molecule has 2 aromatic rings. The molecule has 1 saturated carbocycles. The van der Waals surface area contributed by atoms with Gasteiger partial charge in [0, 0.05) is 12.6 Å². The summed E-state index contributed by atoms with van der Waals surface area (Å²) in [6.07, 6.45) is 8.45. The van der Waals surface area contributed by atoms with Crippen LogP contribution in [0.2, 0.25) is 0 Å². The van der Waals surface area contributed by atoms with E-state index in [1.165, 1.54) is 37.7 Å². The Labute approximate surface area is 196 Å². The smallest absolute Gasteiger partial charge is 0.233 e. The Morgan fingerprint density at radius 2 is 1.88 bits per heavy atom. The summed E-state index contributed by atoms with van der Waals surface area (Å²) in [6, 6.07) is 11.1. The molecule has 1 aromatic heterocycles. The number of likely N-dealkylation sites (tertiary alicyclic amines) is 1. The number of rotatable bonds is 8. The molecule has 174 valence electrons. The van der Waals surface area contributed by atoms with E-state index in [1.807, 2.05) is 6.07 Å². The fourth-order valence-electron chi connectivity index (χ4n) is 5.49. The van der Waals surface area contributed by atoms with Gasteiger partial charge < -0.3 is 9.47 Å². The molecule has 1 saturated heterocycles. The molecule has 0 unspecified atom stereocenters. The third-order valence-corrected chi connectivity index (χ3v) is 8.08. The van der Waals surface area contributed by atoms with Crippen LogP contribution >= 0.6 is 11.8 Å². The standard InChI is InChI=1S/C25H37N5OS/c1-4-21(28(2)3)24-26-27-25(30(24)17-19-11-6-5-7-12-19)32-18-23(31)29-16-10-14-20-13-8-9-15-22(20)29/h5-7,11-12,20-22H,4,8-10,13-18H2,1-3H3/t20-,21+,22+/m0/s1. The third-order valence-electron chi connectivity index (χ3n) is 7.13. The fraction of sp³-hybridized carbons (Fsp3) is 0.640. The topological polar surface area (TPSA) is 54.3 Å². The van der Waals surface area contributed by atoms with Crippen molar-refractivity contribution in [3.8, 4) is 0 Å². The van der Waals surface area contributed by atoms with Crippen molar-refractivity contribution < 1.29 is 4.79 Å². The molecule has 32 heavy (non-hydrogen) atoms. The van der Waals surface area contributed by atoms with E-state index in [1.54, 1.807) is 11.8 Å². The van der Waals surface area contributed by atoms with E-state index in [2.05, 4.69) is 69.8 Å². The first-order valence-electron chi connectivity index (χ1n) is 12.1. The van der Waals surface area contributed by atoms with E-state index in [0.29, 0.717) is 17.7 Å². The van der Waals surface area contributed by atoms with Gasteiger partial charge in [-0.3, -0.25) is 9.69 Å². The number of fused-ring (bicyclic) bond motifs is 1. The lowest BCUT2D eigenvalue weighted by molar-refractivity contribution is -0.134. The molecule has 0 N–H and O–H groups in total. The zero-order chi connectivity index (χ0) is 22.5. The van der Waals surface area contributed by atoms with Crippen LogP contribution in [0, 0.1) is 5.92 Å². The van der Waals surface area contributed by atoms with Crippen LogP contribution in [-0.2, 0) is 11.3 Å². The molecule has 1 aliphatic carbocycles. The molecule has 2 aliphatic rings. The predicted molar refractivity (Wildman–Crippen MR) is 130 cm³/mol. The Bertz CT molecular complexity index is 882. The van der Waals surface area contributed by atoms with Crippen LogP contribution in [-0.4, -0.2) is 62.9 Å². The van der Waals surface area contributed by atoms with Gasteiger partial charge in [0.15, 0.2) is 11.0 Å². The average Bonchev–Trinajstić information content (AvgIpc) is 3.20. The Balaban J connectivity index is 1.51. The number of amides is 1. The van der Waals surface area contributed by atoms with E-state index in [0.717, 1.165) is 36.9 Å². The quantitative estimate of drug-likeness (QED) is 0.544. The molecule has 3 atom stereocenters. The number of thioether (sulfide) groups is 1. The number of nitrogens with zero attached hydrogens (tertiary/aromatic N) is 5. The number of benzene rings is 1. The van der Waals surface area contributed by atoms with Gasteiger partial charge in [0.2, 0.25) is 5.91 Å². The van der Waals surface area contributed by atoms with Gasteiger partial charge in [-0.25, -0.2) is 0 Å². The Morgan fingerprint density at radius 3 is 2.62 bits per heavy atom. The van der Waals surface area contributed by atoms with Crippen molar-refractivity contribution in [2.24, 2.45) is 5.92 Å². The lowest BCUT2D eigenvalue weighted by Crippen LogP contribution is -2.50. The Hall–Kier alpha value is -1.86. The van der Waals surface area contributed by atoms with Gasteiger partial charge in [-0.15, -0.1) is 10.2 Å². The normalized spacial score (nSPS) is 22.1. The summed E-state index contributed by atoms with van der Waals surface area (Å²) >= 11 is 1.55. The average molecular weight is 456 g/mol. The van der Waals surface area contributed by atoms with Gasteiger partial charge >= 0.3 is 0 Å². The van der Waals surface area contributed by atoms with Crippen molar-refractivity contribution in [1.29, 1.82) is 0 Å². The highest BCUT2D eigenvalue weighted by atomic mass is 32.2. The first kappa shape index (κ1) is 23.3. The number of carbonyl (C=O) groups is 1. The van der Waals surface area contributed by atoms with E-state index in [-0.39, 0.29) is 11.9 Å². The molecule has 2 heterocycles. The highest BCUT2D eigenvalue weighted by Gasteiger charge is 2.35. The van der Waals surface area contributed by atoms with Gasteiger partial charge in [0.25, 0.3) is 0 Å². The van der Waals surface area contributed by atoms with Crippen molar-refractivity contribution >= 4 is 17.7 Å². The van der Waals surface area contributed by atoms with Crippen LogP contribution in [0.15, 0.2) is 35.5 Å². The van der Waals surface area contributed by atoms with Crippen LogP contribution < -0.4 is 0 Å². The van der Waals surface area contributed by atoms with Gasteiger partial charge in [-0.1, -0.05) is 61.9 Å². The number of carbonyl (C=O) groups excluding carboxylic acids is 1. The minimum Gasteiger partial charge on any atom is -0.339 e. The van der Waals surface area contributed by atoms with E-state index < -0.39 is 0 Å². The molecular formula is C25H37N5OS. The molecule has 4 rings (SSSR count). The second kappa shape index (κ2) is 10.8. The van der Waals surface area contributed by atoms with Gasteiger partial charge in [0.1, 0.15) is 0 Å². The minimum atomic E-state index is 0.196. The van der Waals surface area contributed by atoms with Crippen LogP contribution in [0.25, 0.3) is 0 Å². The molecule has 1 aromatic carbocycles. The second-order valence-corrected chi connectivity index (χ2v) is 10.4. The van der Waals surface area contributed by atoms with Gasteiger partial charge in [0.05, 0.1) is 18.3 Å². The zero-order valence-electron chi connectivity index (χ0n) is 19.7. The number of hydrogen-bond donors (Lipinski definition) is 0. The highest BCUT2D eigenvalue weighted by Crippen LogP contribution is 2.36. The fourth-order valence-corrected chi connectivity index (χ4v) is 6.32. The lowest BCUT2D eigenvalue weighted by Gasteiger charge is -2.44. The molecular weight excluding hydrogens is 418 g/mol. The first-order chi connectivity index (χ1) is 15.6. The van der Waals surface area contributed by atoms with Crippen molar-refractivity contribution in [3.05, 3.63) is 41.7 Å². The first-order valence-corrected chi connectivity index (χ1v) is 13.1. The summed E-state index contributed by atoms with van der Waals surface area (Å²) in [4.78, 5) is 17.6. The second-order valence-electron chi connectivity index (χ2n) is 9.43. The molecule has 7 heteroatoms. The maximum atomic E-state index is 13.2. The molecule has 6 nitrogen and oxygen atoms in total. The molecule has 0 spiro atoms. The summed E-state index contributed by atoms with van der Waals surface area (Å²) in [7, 11) is 4.17. The predicted octanol–water partition coefficient (Wildman–Crippen LogP) is 4.61. The van der Waals surface area contributed by atoms with E-state index >= 15 is 0 Å². The number of piperidine rings is 1. The largest absolute Gasteiger partial charge is 0.339 e. The summed E-state index contributed by atoms with van der Waals surface area (Å²) in [6.45, 7) is 3.82. The highest BCUT2D eigenvalue weighted by molar-refractivity contribution is 7.99. The monoisotopic (exact) mass is 455 g/mol. The third kappa shape index (κ3) is 5.20. The lowest BCUT2D eigenvalue weighted by atomic mass is 9.78. The molecule has 0 radical (unpaired) electrons. The molecule has 1 aliphatic heterocycles. The van der Waals surface area contributed by atoms with Crippen LogP contribution in [0.1, 0.15) is 69.3 Å². The van der Waals surface area contributed by atoms with Crippen LogP contribution in [0.5, 0.6) is 0 Å². The van der Waals surface area contributed by atoms with Crippen LogP contribution in [0.4, 0.5) is 0 Å². The Morgan fingerprint density at radius 1 is 1.12 bits per heavy atom. The van der Waals surface area contributed by atoms with Gasteiger partial charge in [-0.2, -0.15) is 0 Å². The minimum absolute atomic E-state index is 0.196. The summed E-state index contributed by atoms with van der Waals surface area (Å²) < 4.78 is 2.21. The maximum absolute atomic E-state index is 13.2.